The lowest BCUT2D eigenvalue weighted by Gasteiger charge is -2.28. The Kier molecular flexibility index (Phi) is 6.06. The zero-order valence-electron chi connectivity index (χ0n) is 17.1. The lowest BCUT2D eigenvalue weighted by atomic mass is 9.83. The summed E-state index contributed by atoms with van der Waals surface area (Å²) >= 11 is 6.06. The van der Waals surface area contributed by atoms with Crippen molar-refractivity contribution in [3.05, 3.63) is 68.2 Å². The van der Waals surface area contributed by atoms with Crippen LogP contribution in [-0.4, -0.2) is 34.8 Å². The van der Waals surface area contributed by atoms with E-state index in [-0.39, 0.29) is 30.2 Å². The lowest BCUT2D eigenvalue weighted by molar-refractivity contribution is -0.386. The molecule has 8 heteroatoms. The Labute approximate surface area is 179 Å². The number of nitro groups is 1. The first kappa shape index (κ1) is 22.1. The van der Waals surface area contributed by atoms with Gasteiger partial charge in [-0.25, -0.2) is 4.79 Å². The van der Waals surface area contributed by atoms with Gasteiger partial charge in [0, 0.05) is 11.1 Å². The van der Waals surface area contributed by atoms with Crippen LogP contribution >= 0.6 is 11.6 Å². The highest BCUT2D eigenvalue weighted by molar-refractivity contribution is 6.30. The molecule has 30 heavy (non-hydrogen) atoms. The molecule has 2 aromatic carbocycles. The van der Waals surface area contributed by atoms with Gasteiger partial charge in [-0.15, -0.1) is 0 Å². The van der Waals surface area contributed by atoms with Gasteiger partial charge in [-0.3, -0.25) is 10.1 Å². The fourth-order valence-electron chi connectivity index (χ4n) is 3.62. The van der Waals surface area contributed by atoms with E-state index in [1.807, 2.05) is 12.1 Å². The monoisotopic (exact) mass is 433 g/mol. The van der Waals surface area contributed by atoms with Crippen LogP contribution in [0.1, 0.15) is 48.7 Å². The van der Waals surface area contributed by atoms with Gasteiger partial charge in [0.25, 0.3) is 0 Å². The Balaban J connectivity index is 1.85. The van der Waals surface area contributed by atoms with E-state index in [1.54, 1.807) is 26.8 Å². The third kappa shape index (κ3) is 4.57. The van der Waals surface area contributed by atoms with Crippen LogP contribution in [0.2, 0.25) is 5.02 Å². The average Bonchev–Trinajstić information content (AvgIpc) is 3.03. The topological polar surface area (TPSA) is 98.9 Å². The lowest BCUT2D eigenvalue weighted by Crippen LogP contribution is -2.35. The highest BCUT2D eigenvalue weighted by Crippen LogP contribution is 2.41. The average molecular weight is 434 g/mol. The number of aliphatic hydroxyl groups excluding tert-OH is 1. The molecule has 0 saturated carbocycles. The number of benzene rings is 2. The van der Waals surface area contributed by atoms with E-state index in [2.05, 4.69) is 0 Å². The van der Waals surface area contributed by atoms with Gasteiger partial charge in [0.1, 0.15) is 12.2 Å². The molecule has 3 rings (SSSR count). The Morgan fingerprint density at radius 2 is 2.00 bits per heavy atom. The minimum Gasteiger partial charge on any atom is -0.486 e. The van der Waals surface area contributed by atoms with E-state index < -0.39 is 21.9 Å². The van der Waals surface area contributed by atoms with Crippen LogP contribution in [0.15, 0.2) is 36.4 Å². The third-order valence-electron chi connectivity index (χ3n) is 5.11. The molecule has 1 aliphatic rings. The molecule has 0 spiro atoms. The number of nitro benzene ring substituents is 1. The molecule has 0 bridgehead atoms. The Hall–Kier alpha value is -2.64. The maximum atomic E-state index is 12.2. The van der Waals surface area contributed by atoms with Crippen molar-refractivity contribution in [2.75, 3.05) is 13.2 Å². The van der Waals surface area contributed by atoms with Crippen LogP contribution in [0.4, 0.5) is 5.69 Å². The number of hydrogen-bond donors (Lipinski definition) is 1. The van der Waals surface area contributed by atoms with Gasteiger partial charge in [0.05, 0.1) is 22.5 Å². The van der Waals surface area contributed by atoms with Crippen LogP contribution in [0.5, 0.6) is 5.75 Å². The highest BCUT2D eigenvalue weighted by Gasteiger charge is 2.39. The molecule has 1 aliphatic carbocycles. The molecule has 0 fully saturated rings. The number of nitrogens with zero attached hydrogens (tertiary/aromatic N) is 1. The predicted molar refractivity (Wildman–Crippen MR) is 112 cm³/mol. The number of hydrogen-bond acceptors (Lipinski definition) is 6. The van der Waals surface area contributed by atoms with Crippen molar-refractivity contribution >= 4 is 23.3 Å². The zero-order valence-corrected chi connectivity index (χ0v) is 17.9. The van der Waals surface area contributed by atoms with Crippen LogP contribution in [0, 0.1) is 10.1 Å². The molecule has 160 valence electrons. The van der Waals surface area contributed by atoms with Crippen LogP contribution < -0.4 is 4.74 Å². The third-order valence-corrected chi connectivity index (χ3v) is 5.34. The molecular formula is C22H24ClNO6. The smallest absolute Gasteiger partial charge is 0.338 e. The predicted octanol–water partition coefficient (Wildman–Crippen LogP) is 4.46. The quantitative estimate of drug-likeness (QED) is 0.410. The van der Waals surface area contributed by atoms with E-state index in [9.17, 15) is 20.0 Å². The summed E-state index contributed by atoms with van der Waals surface area (Å²) in [5, 5.41) is 22.3. The Bertz CT molecular complexity index is 984. The van der Waals surface area contributed by atoms with Gasteiger partial charge in [-0.2, -0.15) is 0 Å². The second-order valence-electron chi connectivity index (χ2n) is 8.47. The maximum absolute atomic E-state index is 12.2. The molecule has 0 aromatic heterocycles. The van der Waals surface area contributed by atoms with Crippen molar-refractivity contribution in [2.24, 2.45) is 0 Å². The molecule has 0 unspecified atom stereocenters. The number of ether oxygens (including phenoxy) is 2. The van der Waals surface area contributed by atoms with Gasteiger partial charge < -0.3 is 14.6 Å². The van der Waals surface area contributed by atoms with Crippen molar-refractivity contribution < 1.29 is 24.3 Å². The summed E-state index contributed by atoms with van der Waals surface area (Å²) < 4.78 is 11.1. The fraction of sp³-hybridized carbons (Fsp3) is 0.409. The zero-order chi connectivity index (χ0) is 22.1. The fourth-order valence-corrected chi connectivity index (χ4v) is 3.81. The molecule has 0 radical (unpaired) electrons. The SMILES string of the molecule is CC(C)(C)OC(=O)c1ccc(OC[C@]2(CO)CCc3cc(Cl)ccc32)c([N+](=O)[O-])c1. The molecule has 0 aliphatic heterocycles. The van der Waals surface area contributed by atoms with Crippen molar-refractivity contribution in [2.45, 2.75) is 44.6 Å². The van der Waals surface area contributed by atoms with Crippen molar-refractivity contribution in [1.82, 2.24) is 0 Å². The number of rotatable bonds is 6. The Morgan fingerprint density at radius 1 is 1.27 bits per heavy atom. The minimum absolute atomic E-state index is 0.0301. The van der Waals surface area contributed by atoms with Crippen LogP contribution in [-0.2, 0) is 16.6 Å². The highest BCUT2D eigenvalue weighted by atomic mass is 35.5. The molecule has 1 N–H and O–H groups in total. The normalized spacial score (nSPS) is 18.0. The summed E-state index contributed by atoms with van der Waals surface area (Å²) in [5.74, 6) is -0.617. The number of carbonyl (C=O) groups excluding carboxylic acids is 1. The first-order chi connectivity index (χ1) is 14.0. The standard InChI is InChI=1S/C22H24ClNO6/c1-21(2,3)30-20(26)15-4-7-19(18(11-15)24(27)28)29-13-22(12-25)9-8-14-10-16(23)5-6-17(14)22/h4-7,10-11,25H,8-9,12-13H2,1-3H3/t22-/m1/s1. The molecule has 0 heterocycles. The maximum Gasteiger partial charge on any atom is 0.338 e. The van der Waals surface area contributed by atoms with Crippen LogP contribution in [0.25, 0.3) is 0 Å². The second-order valence-corrected chi connectivity index (χ2v) is 8.91. The van der Waals surface area contributed by atoms with Gasteiger partial charge in [0.15, 0.2) is 5.75 Å². The summed E-state index contributed by atoms with van der Waals surface area (Å²) in [7, 11) is 0. The first-order valence-electron chi connectivity index (χ1n) is 9.59. The van der Waals surface area contributed by atoms with E-state index in [0.29, 0.717) is 11.4 Å². The van der Waals surface area contributed by atoms with Crippen molar-refractivity contribution in [1.29, 1.82) is 0 Å². The summed E-state index contributed by atoms with van der Waals surface area (Å²) in [6.45, 7) is 5.06. The summed E-state index contributed by atoms with van der Waals surface area (Å²) in [6, 6.07) is 9.47. The first-order valence-corrected chi connectivity index (χ1v) is 9.97. The van der Waals surface area contributed by atoms with E-state index in [0.717, 1.165) is 23.6 Å². The van der Waals surface area contributed by atoms with Crippen molar-refractivity contribution in [3.63, 3.8) is 0 Å². The second kappa shape index (κ2) is 8.24. The van der Waals surface area contributed by atoms with Crippen molar-refractivity contribution in [3.8, 4) is 5.75 Å². The number of aryl methyl sites for hydroxylation is 1. The molecule has 7 nitrogen and oxygen atoms in total. The summed E-state index contributed by atoms with van der Waals surface area (Å²) in [4.78, 5) is 23.2. The Morgan fingerprint density at radius 3 is 2.63 bits per heavy atom. The molecule has 1 atom stereocenters. The van der Waals surface area contributed by atoms with Gasteiger partial charge >= 0.3 is 11.7 Å². The van der Waals surface area contributed by atoms with Gasteiger partial charge in [-0.05, 0) is 69.0 Å². The minimum atomic E-state index is -0.715. The molecular weight excluding hydrogens is 410 g/mol. The molecule has 2 aromatic rings. The number of halogens is 1. The molecule has 0 amide bonds. The number of esters is 1. The van der Waals surface area contributed by atoms with E-state index >= 15 is 0 Å². The van der Waals surface area contributed by atoms with Gasteiger partial charge in [-0.1, -0.05) is 17.7 Å². The van der Waals surface area contributed by atoms with E-state index in [1.165, 1.54) is 12.1 Å². The largest absolute Gasteiger partial charge is 0.486 e. The number of carbonyl (C=O) groups is 1. The van der Waals surface area contributed by atoms with Gasteiger partial charge in [0.2, 0.25) is 0 Å². The summed E-state index contributed by atoms with van der Waals surface area (Å²) in [5.41, 5.74) is 0.324. The number of fused-ring (bicyclic) bond motifs is 1. The summed E-state index contributed by atoms with van der Waals surface area (Å²) in [6.07, 6.45) is 1.38. The number of aliphatic hydroxyl groups is 1. The van der Waals surface area contributed by atoms with E-state index in [4.69, 9.17) is 21.1 Å². The van der Waals surface area contributed by atoms with Crippen LogP contribution in [0.3, 0.4) is 0 Å². The molecule has 0 saturated heterocycles.